The van der Waals surface area contributed by atoms with Crippen molar-refractivity contribution in [2.45, 2.75) is 19.6 Å². The number of aryl methyl sites for hydroxylation is 1. The van der Waals surface area contributed by atoms with Crippen molar-refractivity contribution in [3.63, 3.8) is 0 Å². The third-order valence-electron chi connectivity index (χ3n) is 4.24. The quantitative estimate of drug-likeness (QED) is 0.478. The predicted molar refractivity (Wildman–Crippen MR) is 109 cm³/mol. The minimum absolute atomic E-state index is 0.0411. The molecule has 3 rings (SSSR count). The molecule has 0 bridgehead atoms. The van der Waals surface area contributed by atoms with E-state index in [9.17, 15) is 18.0 Å². The molecule has 2 aromatic carbocycles. The van der Waals surface area contributed by atoms with Gasteiger partial charge in [0.15, 0.2) is 0 Å². The lowest BCUT2D eigenvalue weighted by Gasteiger charge is -2.14. The molecule has 2 N–H and O–H groups in total. The standard InChI is InChI=1S/C22H19F3N4O/c1-15-5-2-3-8-19(15)20(30)29-21(27-14-16-9-11-26-12-10-16)28-18-7-4-6-17(13-18)22(23,24)25/h2-13H,14H2,1H3,(H2,27,28,29,30). The fourth-order valence-corrected chi connectivity index (χ4v) is 2.68. The van der Waals surface area contributed by atoms with Gasteiger partial charge in [0.25, 0.3) is 5.91 Å². The van der Waals surface area contributed by atoms with Crippen LogP contribution >= 0.6 is 0 Å². The molecular weight excluding hydrogens is 393 g/mol. The Labute approximate surface area is 171 Å². The summed E-state index contributed by atoms with van der Waals surface area (Å²) in [6.07, 6.45) is -1.26. The van der Waals surface area contributed by atoms with Crippen molar-refractivity contribution in [1.82, 2.24) is 10.3 Å². The number of hydrogen-bond donors (Lipinski definition) is 2. The maximum Gasteiger partial charge on any atom is 0.416 e. The number of rotatable bonds is 4. The number of nitrogens with zero attached hydrogens (tertiary/aromatic N) is 2. The molecule has 0 radical (unpaired) electrons. The molecule has 0 aliphatic heterocycles. The number of carbonyl (C=O) groups is 1. The number of guanidine groups is 1. The van der Waals surface area contributed by atoms with E-state index in [-0.39, 0.29) is 18.2 Å². The van der Waals surface area contributed by atoms with Crippen LogP contribution in [0.4, 0.5) is 18.9 Å². The first kappa shape index (κ1) is 21.0. The van der Waals surface area contributed by atoms with E-state index in [1.54, 1.807) is 49.6 Å². The van der Waals surface area contributed by atoms with Gasteiger partial charge < -0.3 is 5.32 Å². The number of halogens is 3. The molecule has 0 aliphatic carbocycles. The average molecular weight is 412 g/mol. The van der Waals surface area contributed by atoms with Crippen LogP contribution in [0.25, 0.3) is 0 Å². The van der Waals surface area contributed by atoms with Gasteiger partial charge in [-0.1, -0.05) is 24.3 Å². The first-order chi connectivity index (χ1) is 14.3. The van der Waals surface area contributed by atoms with Crippen LogP contribution in [0, 0.1) is 6.92 Å². The van der Waals surface area contributed by atoms with Crippen molar-refractivity contribution in [3.05, 3.63) is 95.3 Å². The van der Waals surface area contributed by atoms with E-state index in [0.717, 1.165) is 23.3 Å². The van der Waals surface area contributed by atoms with Crippen LogP contribution in [0.3, 0.4) is 0 Å². The maximum atomic E-state index is 13.0. The van der Waals surface area contributed by atoms with Crippen LogP contribution in [0.1, 0.15) is 27.0 Å². The number of aromatic nitrogens is 1. The molecule has 30 heavy (non-hydrogen) atoms. The highest BCUT2D eigenvalue weighted by Crippen LogP contribution is 2.30. The lowest BCUT2D eigenvalue weighted by atomic mass is 10.1. The molecule has 1 aromatic heterocycles. The van der Waals surface area contributed by atoms with Gasteiger partial charge in [0.2, 0.25) is 5.96 Å². The zero-order valence-corrected chi connectivity index (χ0v) is 16.1. The molecule has 5 nitrogen and oxygen atoms in total. The summed E-state index contributed by atoms with van der Waals surface area (Å²) in [4.78, 5) is 21.0. The molecule has 0 unspecified atom stereocenters. The van der Waals surface area contributed by atoms with Crippen LogP contribution < -0.4 is 10.6 Å². The van der Waals surface area contributed by atoms with E-state index in [4.69, 9.17) is 0 Å². The van der Waals surface area contributed by atoms with Crippen molar-refractivity contribution in [2.24, 2.45) is 4.99 Å². The Kier molecular flexibility index (Phi) is 6.46. The van der Waals surface area contributed by atoms with Gasteiger partial charge in [-0.15, -0.1) is 0 Å². The molecule has 154 valence electrons. The summed E-state index contributed by atoms with van der Waals surface area (Å²) in [5, 5.41) is 5.44. The molecule has 0 fully saturated rings. The second-order valence-corrected chi connectivity index (χ2v) is 6.49. The van der Waals surface area contributed by atoms with Crippen molar-refractivity contribution in [2.75, 3.05) is 5.32 Å². The summed E-state index contributed by atoms with van der Waals surface area (Å²) in [5.74, 6) is -0.375. The van der Waals surface area contributed by atoms with Crippen LogP contribution in [0.5, 0.6) is 0 Å². The zero-order valence-electron chi connectivity index (χ0n) is 16.1. The van der Waals surface area contributed by atoms with E-state index in [2.05, 4.69) is 20.6 Å². The third-order valence-corrected chi connectivity index (χ3v) is 4.24. The number of hydrogen-bond acceptors (Lipinski definition) is 3. The SMILES string of the molecule is Cc1ccccc1C(=O)NC(=NCc1ccncc1)Nc1cccc(C(F)(F)F)c1. The number of nitrogens with one attached hydrogen (secondary N) is 2. The first-order valence-electron chi connectivity index (χ1n) is 9.07. The summed E-state index contributed by atoms with van der Waals surface area (Å²) >= 11 is 0. The molecule has 0 spiro atoms. The van der Waals surface area contributed by atoms with Crippen molar-refractivity contribution in [3.8, 4) is 0 Å². The summed E-state index contributed by atoms with van der Waals surface area (Å²) in [7, 11) is 0. The molecule has 0 aliphatic rings. The Balaban J connectivity index is 1.86. The highest BCUT2D eigenvalue weighted by atomic mass is 19.4. The average Bonchev–Trinajstić information content (AvgIpc) is 2.72. The van der Waals surface area contributed by atoms with Gasteiger partial charge in [-0.3, -0.25) is 15.1 Å². The number of aliphatic imine (C=N–C) groups is 1. The Morgan fingerprint density at radius 1 is 1.03 bits per heavy atom. The summed E-state index contributed by atoms with van der Waals surface area (Å²) in [6, 6.07) is 15.2. The predicted octanol–water partition coefficient (Wildman–Crippen LogP) is 4.81. The van der Waals surface area contributed by atoms with E-state index in [0.29, 0.717) is 5.56 Å². The number of anilines is 1. The van der Waals surface area contributed by atoms with E-state index in [1.165, 1.54) is 12.1 Å². The largest absolute Gasteiger partial charge is 0.416 e. The molecule has 0 atom stereocenters. The van der Waals surface area contributed by atoms with Gasteiger partial charge in [-0.25, -0.2) is 4.99 Å². The summed E-state index contributed by atoms with van der Waals surface area (Å²) in [6.45, 7) is 2.00. The third kappa shape index (κ3) is 5.66. The second-order valence-electron chi connectivity index (χ2n) is 6.49. The molecule has 1 heterocycles. The lowest BCUT2D eigenvalue weighted by molar-refractivity contribution is -0.137. The van der Waals surface area contributed by atoms with Crippen LogP contribution in [-0.4, -0.2) is 16.9 Å². The molecule has 8 heteroatoms. The summed E-state index contributed by atoms with van der Waals surface area (Å²) < 4.78 is 39.1. The Morgan fingerprint density at radius 2 is 1.77 bits per heavy atom. The normalized spacial score (nSPS) is 11.8. The minimum Gasteiger partial charge on any atom is -0.326 e. The number of benzene rings is 2. The number of alkyl halides is 3. The second kappa shape index (κ2) is 9.21. The van der Waals surface area contributed by atoms with Gasteiger partial charge in [0, 0.05) is 23.6 Å². The van der Waals surface area contributed by atoms with Gasteiger partial charge >= 0.3 is 6.18 Å². The number of amides is 1. The lowest BCUT2D eigenvalue weighted by Crippen LogP contribution is -2.36. The van der Waals surface area contributed by atoms with Gasteiger partial charge in [0.1, 0.15) is 0 Å². The van der Waals surface area contributed by atoms with Gasteiger partial charge in [-0.05, 0) is 54.4 Å². The van der Waals surface area contributed by atoms with Crippen molar-refractivity contribution < 1.29 is 18.0 Å². The molecule has 0 saturated carbocycles. The monoisotopic (exact) mass is 412 g/mol. The van der Waals surface area contributed by atoms with E-state index in [1.807, 2.05) is 6.07 Å². The minimum atomic E-state index is -4.48. The highest BCUT2D eigenvalue weighted by Gasteiger charge is 2.30. The molecule has 1 amide bonds. The van der Waals surface area contributed by atoms with Crippen LogP contribution in [0.2, 0.25) is 0 Å². The number of carbonyl (C=O) groups excluding carboxylic acids is 1. The summed E-state index contributed by atoms with van der Waals surface area (Å²) in [5.41, 5.74) is 1.40. The molecule has 3 aromatic rings. The Bertz CT molecular complexity index is 1050. The van der Waals surface area contributed by atoms with Gasteiger partial charge in [-0.2, -0.15) is 13.2 Å². The maximum absolute atomic E-state index is 13.0. The zero-order chi connectivity index (χ0) is 21.6. The fourth-order valence-electron chi connectivity index (χ4n) is 2.68. The van der Waals surface area contributed by atoms with Crippen LogP contribution in [0.15, 0.2) is 78.0 Å². The van der Waals surface area contributed by atoms with Crippen molar-refractivity contribution in [1.29, 1.82) is 0 Å². The Hall–Kier alpha value is -3.68. The molecular formula is C22H19F3N4O. The number of pyridine rings is 1. The smallest absolute Gasteiger partial charge is 0.326 e. The fraction of sp³-hybridized carbons (Fsp3) is 0.136. The highest BCUT2D eigenvalue weighted by molar-refractivity contribution is 6.10. The molecule has 0 saturated heterocycles. The van der Waals surface area contributed by atoms with Gasteiger partial charge in [0.05, 0.1) is 12.1 Å². The Morgan fingerprint density at radius 3 is 2.47 bits per heavy atom. The van der Waals surface area contributed by atoms with Crippen LogP contribution in [-0.2, 0) is 12.7 Å². The first-order valence-corrected chi connectivity index (χ1v) is 9.07. The van der Waals surface area contributed by atoms with E-state index < -0.39 is 17.6 Å². The topological polar surface area (TPSA) is 66.4 Å². The van der Waals surface area contributed by atoms with Crippen molar-refractivity contribution >= 4 is 17.6 Å². The van der Waals surface area contributed by atoms with E-state index >= 15 is 0 Å².